The Morgan fingerprint density at radius 3 is 2.69 bits per heavy atom. The first-order chi connectivity index (χ1) is 6.22. The first-order valence-electron chi connectivity index (χ1n) is 4.84. The zero-order valence-corrected chi connectivity index (χ0v) is 8.38. The summed E-state index contributed by atoms with van der Waals surface area (Å²) in [6, 6.07) is 0.301. The highest BCUT2D eigenvalue weighted by Gasteiger charge is 2.18. The molecule has 0 spiro atoms. The lowest BCUT2D eigenvalue weighted by Gasteiger charge is -2.29. The van der Waals surface area contributed by atoms with Crippen molar-refractivity contribution >= 4 is 6.09 Å². The number of ether oxygens (including phenoxy) is 1. The molecule has 0 unspecified atom stereocenters. The first-order valence-corrected chi connectivity index (χ1v) is 4.84. The Bertz CT molecular complexity index is 165. The normalized spacial score (nSPS) is 19.8. The van der Waals surface area contributed by atoms with Gasteiger partial charge < -0.3 is 15.0 Å². The Balaban J connectivity index is 2.18. The van der Waals surface area contributed by atoms with Crippen LogP contribution in [0.25, 0.3) is 0 Å². The third-order valence-corrected chi connectivity index (χ3v) is 2.32. The number of hydrogen-bond donors (Lipinski definition) is 1. The van der Waals surface area contributed by atoms with E-state index in [4.69, 9.17) is 4.74 Å². The minimum absolute atomic E-state index is 0.281. The average molecular weight is 186 g/mol. The van der Waals surface area contributed by atoms with E-state index in [-0.39, 0.29) is 6.09 Å². The van der Waals surface area contributed by atoms with Gasteiger partial charge in [0.15, 0.2) is 0 Å². The third-order valence-electron chi connectivity index (χ3n) is 2.32. The van der Waals surface area contributed by atoms with Crippen LogP contribution in [-0.2, 0) is 4.74 Å². The van der Waals surface area contributed by atoms with Crippen LogP contribution < -0.4 is 5.32 Å². The van der Waals surface area contributed by atoms with Crippen molar-refractivity contribution in [2.45, 2.75) is 25.8 Å². The molecule has 1 fully saturated rings. The average Bonchev–Trinajstić information content (AvgIpc) is 2.09. The zero-order valence-electron chi connectivity index (χ0n) is 8.38. The summed E-state index contributed by atoms with van der Waals surface area (Å²) >= 11 is 0. The van der Waals surface area contributed by atoms with E-state index >= 15 is 0 Å². The first kappa shape index (κ1) is 10.3. The van der Waals surface area contributed by atoms with E-state index in [1.165, 1.54) is 0 Å². The molecule has 4 nitrogen and oxygen atoms in total. The summed E-state index contributed by atoms with van der Waals surface area (Å²) in [5.74, 6) is 0. The number of alkyl carbamates (subject to hydrolysis) is 1. The van der Waals surface area contributed by atoms with Gasteiger partial charge >= 0.3 is 6.09 Å². The molecule has 1 saturated heterocycles. The van der Waals surface area contributed by atoms with Gasteiger partial charge in [0.2, 0.25) is 0 Å². The van der Waals surface area contributed by atoms with Crippen LogP contribution in [0.2, 0.25) is 0 Å². The fourth-order valence-electron chi connectivity index (χ4n) is 1.49. The highest BCUT2D eigenvalue weighted by atomic mass is 16.5. The third kappa shape index (κ3) is 3.63. The molecule has 76 valence electrons. The van der Waals surface area contributed by atoms with Gasteiger partial charge in [0.05, 0.1) is 6.61 Å². The van der Waals surface area contributed by atoms with Gasteiger partial charge in [-0.15, -0.1) is 0 Å². The molecule has 1 N–H and O–H groups in total. The summed E-state index contributed by atoms with van der Waals surface area (Å²) < 4.78 is 4.81. The summed E-state index contributed by atoms with van der Waals surface area (Å²) in [5.41, 5.74) is 0. The molecule has 0 aromatic rings. The summed E-state index contributed by atoms with van der Waals surface area (Å²) in [7, 11) is 2.10. The van der Waals surface area contributed by atoms with Crippen LogP contribution in [-0.4, -0.2) is 43.8 Å². The van der Waals surface area contributed by atoms with E-state index in [1.54, 1.807) is 0 Å². The highest BCUT2D eigenvalue weighted by Crippen LogP contribution is 2.07. The van der Waals surface area contributed by atoms with Crippen LogP contribution in [0.3, 0.4) is 0 Å². The maximum atomic E-state index is 11.0. The second kappa shape index (κ2) is 5.07. The van der Waals surface area contributed by atoms with Gasteiger partial charge in [0.25, 0.3) is 0 Å². The van der Waals surface area contributed by atoms with E-state index < -0.39 is 0 Å². The Morgan fingerprint density at radius 2 is 2.15 bits per heavy atom. The lowest BCUT2D eigenvalue weighted by molar-refractivity contribution is 0.140. The summed E-state index contributed by atoms with van der Waals surface area (Å²) in [6.07, 6.45) is 1.77. The van der Waals surface area contributed by atoms with E-state index in [1.807, 2.05) is 6.92 Å². The molecule has 0 aromatic heterocycles. The predicted octanol–water partition coefficient (Wildman–Crippen LogP) is 0.827. The van der Waals surface area contributed by atoms with Crippen molar-refractivity contribution in [2.24, 2.45) is 0 Å². The van der Waals surface area contributed by atoms with Crippen molar-refractivity contribution in [3.8, 4) is 0 Å². The molecule has 1 amide bonds. The van der Waals surface area contributed by atoms with Gasteiger partial charge in [-0.25, -0.2) is 4.79 Å². The van der Waals surface area contributed by atoms with E-state index in [0.717, 1.165) is 25.9 Å². The van der Waals surface area contributed by atoms with Crippen LogP contribution in [0.15, 0.2) is 0 Å². The Morgan fingerprint density at radius 1 is 1.54 bits per heavy atom. The van der Waals surface area contributed by atoms with E-state index in [2.05, 4.69) is 17.3 Å². The van der Waals surface area contributed by atoms with E-state index in [9.17, 15) is 4.79 Å². The standard InChI is InChI=1S/C9H18N2O2/c1-3-13-9(12)10-8-4-6-11(2)7-5-8/h8H,3-7H2,1-2H3,(H,10,12). The molecule has 1 heterocycles. The molecular weight excluding hydrogens is 168 g/mol. The SMILES string of the molecule is CCOC(=O)NC1CCN(C)CC1. The smallest absolute Gasteiger partial charge is 0.407 e. The predicted molar refractivity (Wildman–Crippen MR) is 50.7 cm³/mol. The van der Waals surface area contributed by atoms with Gasteiger partial charge in [-0.05, 0) is 39.9 Å². The molecule has 13 heavy (non-hydrogen) atoms. The summed E-state index contributed by atoms with van der Waals surface area (Å²) in [4.78, 5) is 13.3. The number of hydrogen-bond acceptors (Lipinski definition) is 3. The molecule has 0 aromatic carbocycles. The van der Waals surface area contributed by atoms with Gasteiger partial charge in [-0.2, -0.15) is 0 Å². The van der Waals surface area contributed by atoms with Crippen LogP contribution in [0.4, 0.5) is 4.79 Å². The molecule has 0 bridgehead atoms. The number of amides is 1. The lowest BCUT2D eigenvalue weighted by atomic mass is 10.1. The van der Waals surface area contributed by atoms with Crippen molar-refractivity contribution in [1.29, 1.82) is 0 Å². The Hall–Kier alpha value is -0.770. The number of carbonyl (C=O) groups is 1. The quantitative estimate of drug-likeness (QED) is 0.694. The number of likely N-dealkylation sites (tertiary alicyclic amines) is 1. The van der Waals surface area contributed by atoms with Gasteiger partial charge in [0, 0.05) is 6.04 Å². The monoisotopic (exact) mass is 186 g/mol. The van der Waals surface area contributed by atoms with E-state index in [0.29, 0.717) is 12.6 Å². The fourth-order valence-corrected chi connectivity index (χ4v) is 1.49. The Kier molecular flexibility index (Phi) is 4.02. The molecule has 4 heteroatoms. The zero-order chi connectivity index (χ0) is 9.68. The van der Waals surface area contributed by atoms with Gasteiger partial charge in [-0.3, -0.25) is 0 Å². The highest BCUT2D eigenvalue weighted by molar-refractivity contribution is 5.67. The molecule has 0 saturated carbocycles. The number of nitrogens with one attached hydrogen (secondary N) is 1. The fraction of sp³-hybridized carbons (Fsp3) is 0.889. The molecule has 0 atom stereocenters. The molecule has 0 radical (unpaired) electrons. The number of rotatable bonds is 2. The summed E-state index contributed by atoms with van der Waals surface area (Å²) in [5, 5.41) is 2.85. The van der Waals surface area contributed by atoms with Crippen LogP contribution >= 0.6 is 0 Å². The molecule has 1 aliphatic heterocycles. The van der Waals surface area contributed by atoms with Crippen molar-refractivity contribution in [1.82, 2.24) is 10.2 Å². The van der Waals surface area contributed by atoms with Crippen molar-refractivity contribution in [3.05, 3.63) is 0 Å². The molecule has 1 aliphatic rings. The molecule has 0 aliphatic carbocycles. The lowest BCUT2D eigenvalue weighted by Crippen LogP contribution is -2.43. The van der Waals surface area contributed by atoms with Crippen LogP contribution in [0.1, 0.15) is 19.8 Å². The van der Waals surface area contributed by atoms with Crippen molar-refractivity contribution in [3.63, 3.8) is 0 Å². The van der Waals surface area contributed by atoms with Gasteiger partial charge in [-0.1, -0.05) is 0 Å². The number of carbonyl (C=O) groups excluding carboxylic acids is 1. The summed E-state index contributed by atoms with van der Waals surface area (Å²) in [6.45, 7) is 4.36. The molecular formula is C9H18N2O2. The minimum Gasteiger partial charge on any atom is -0.450 e. The second-order valence-electron chi connectivity index (χ2n) is 3.44. The largest absolute Gasteiger partial charge is 0.450 e. The van der Waals surface area contributed by atoms with Crippen LogP contribution in [0, 0.1) is 0 Å². The maximum Gasteiger partial charge on any atom is 0.407 e. The van der Waals surface area contributed by atoms with Crippen molar-refractivity contribution in [2.75, 3.05) is 26.7 Å². The Labute approximate surface area is 79.2 Å². The van der Waals surface area contributed by atoms with Gasteiger partial charge in [0.1, 0.15) is 0 Å². The van der Waals surface area contributed by atoms with Crippen LogP contribution in [0.5, 0.6) is 0 Å². The number of nitrogens with zero attached hydrogens (tertiary/aromatic N) is 1. The van der Waals surface area contributed by atoms with Crippen molar-refractivity contribution < 1.29 is 9.53 Å². The second-order valence-corrected chi connectivity index (χ2v) is 3.44. The minimum atomic E-state index is -0.281. The molecule has 1 rings (SSSR count). The number of piperidine rings is 1. The maximum absolute atomic E-state index is 11.0. The topological polar surface area (TPSA) is 41.6 Å².